The smallest absolute Gasteiger partial charge is 0.255 e. The molecule has 0 radical (unpaired) electrons. The molecule has 1 aromatic rings. The van der Waals surface area contributed by atoms with Gasteiger partial charge < -0.3 is 10.2 Å². The average molecular weight is 297 g/mol. The summed E-state index contributed by atoms with van der Waals surface area (Å²) in [6, 6.07) is 6.12. The number of rotatable bonds is 1. The molecule has 0 saturated carbocycles. The zero-order chi connectivity index (χ0) is 12.4. The molecule has 3 nitrogen and oxygen atoms in total. The Balaban J connectivity index is 2.24. The van der Waals surface area contributed by atoms with Gasteiger partial charge in [0.2, 0.25) is 0 Å². The van der Waals surface area contributed by atoms with Crippen LogP contribution >= 0.6 is 15.9 Å². The van der Waals surface area contributed by atoms with E-state index < -0.39 is 0 Å². The minimum absolute atomic E-state index is 0.117. The van der Waals surface area contributed by atoms with Crippen LogP contribution in [-0.2, 0) is 0 Å². The number of nitrogens with zero attached hydrogens (tertiary/aromatic N) is 1. The molecule has 0 aromatic heterocycles. The van der Waals surface area contributed by atoms with Crippen LogP contribution in [0, 0.1) is 6.92 Å². The Bertz CT molecular complexity index is 433. The van der Waals surface area contributed by atoms with Crippen LogP contribution < -0.4 is 5.32 Å². The molecule has 1 aliphatic rings. The van der Waals surface area contributed by atoms with Crippen molar-refractivity contribution < 1.29 is 4.79 Å². The van der Waals surface area contributed by atoms with Gasteiger partial charge in [0.15, 0.2) is 0 Å². The predicted molar refractivity (Wildman–Crippen MR) is 72.2 cm³/mol. The minimum Gasteiger partial charge on any atom is -0.333 e. The Morgan fingerprint density at radius 3 is 2.94 bits per heavy atom. The third-order valence-corrected chi connectivity index (χ3v) is 3.77. The molecule has 1 aliphatic heterocycles. The fraction of sp³-hybridized carbons (Fsp3) is 0.462. The zero-order valence-electron chi connectivity index (χ0n) is 10.2. The third-order valence-electron chi connectivity index (χ3n) is 3.12. The summed E-state index contributed by atoms with van der Waals surface area (Å²) in [6.45, 7) is 6.62. The maximum absolute atomic E-state index is 12.4. The first-order valence-electron chi connectivity index (χ1n) is 5.87. The SMILES string of the molecule is Cc1ccc(C(=O)N2CCNC[C@@H]2C)c(Br)c1. The monoisotopic (exact) mass is 296 g/mol. The first-order chi connectivity index (χ1) is 8.09. The maximum Gasteiger partial charge on any atom is 0.255 e. The Hall–Kier alpha value is -0.870. The third kappa shape index (κ3) is 2.69. The van der Waals surface area contributed by atoms with E-state index in [0.717, 1.165) is 35.2 Å². The van der Waals surface area contributed by atoms with Crippen molar-refractivity contribution in [2.45, 2.75) is 19.9 Å². The van der Waals surface area contributed by atoms with E-state index in [0.29, 0.717) is 0 Å². The molecule has 1 N–H and O–H groups in total. The summed E-state index contributed by atoms with van der Waals surface area (Å²) >= 11 is 3.47. The first kappa shape index (κ1) is 12.6. The lowest BCUT2D eigenvalue weighted by Gasteiger charge is -2.34. The van der Waals surface area contributed by atoms with Crippen LogP contribution in [0.2, 0.25) is 0 Å². The highest BCUT2D eigenvalue weighted by atomic mass is 79.9. The lowest BCUT2D eigenvalue weighted by Crippen LogP contribution is -2.52. The van der Waals surface area contributed by atoms with E-state index in [4.69, 9.17) is 0 Å². The van der Waals surface area contributed by atoms with E-state index >= 15 is 0 Å². The van der Waals surface area contributed by atoms with Gasteiger partial charge in [0.05, 0.1) is 5.56 Å². The van der Waals surface area contributed by atoms with Crippen LogP contribution in [0.25, 0.3) is 0 Å². The summed E-state index contributed by atoms with van der Waals surface area (Å²) < 4.78 is 0.883. The molecule has 0 bridgehead atoms. The quantitative estimate of drug-likeness (QED) is 0.862. The number of aryl methyl sites for hydroxylation is 1. The van der Waals surface area contributed by atoms with Crippen LogP contribution in [0.3, 0.4) is 0 Å². The number of amides is 1. The number of piperazine rings is 1. The van der Waals surface area contributed by atoms with E-state index in [1.165, 1.54) is 0 Å². The second-order valence-electron chi connectivity index (χ2n) is 4.53. The molecule has 4 heteroatoms. The van der Waals surface area contributed by atoms with Gasteiger partial charge in [-0.2, -0.15) is 0 Å². The predicted octanol–water partition coefficient (Wildman–Crippen LogP) is 2.19. The molecule has 1 aromatic carbocycles. The van der Waals surface area contributed by atoms with E-state index in [-0.39, 0.29) is 11.9 Å². The van der Waals surface area contributed by atoms with Gasteiger partial charge >= 0.3 is 0 Å². The molecule has 1 amide bonds. The van der Waals surface area contributed by atoms with Gasteiger partial charge in [0, 0.05) is 30.1 Å². The topological polar surface area (TPSA) is 32.3 Å². The van der Waals surface area contributed by atoms with Crippen molar-refractivity contribution in [1.29, 1.82) is 0 Å². The molecule has 1 fully saturated rings. The van der Waals surface area contributed by atoms with Crippen molar-refractivity contribution in [2.24, 2.45) is 0 Å². The van der Waals surface area contributed by atoms with Gasteiger partial charge in [0.1, 0.15) is 0 Å². The van der Waals surface area contributed by atoms with Gasteiger partial charge in [-0.3, -0.25) is 4.79 Å². The average Bonchev–Trinajstić information content (AvgIpc) is 2.29. The van der Waals surface area contributed by atoms with Crippen LogP contribution in [0.15, 0.2) is 22.7 Å². The van der Waals surface area contributed by atoms with Crippen LogP contribution in [0.1, 0.15) is 22.8 Å². The second-order valence-corrected chi connectivity index (χ2v) is 5.39. The number of hydrogen-bond donors (Lipinski definition) is 1. The normalized spacial score (nSPS) is 20.4. The Kier molecular flexibility index (Phi) is 3.84. The number of benzene rings is 1. The molecule has 0 unspecified atom stereocenters. The number of nitrogens with one attached hydrogen (secondary N) is 1. The van der Waals surface area contributed by atoms with Crippen LogP contribution in [0.4, 0.5) is 0 Å². The molecule has 1 saturated heterocycles. The Labute approximate surface area is 110 Å². The molecule has 0 aliphatic carbocycles. The van der Waals surface area contributed by atoms with Crippen molar-refractivity contribution in [1.82, 2.24) is 10.2 Å². The number of carbonyl (C=O) groups excluding carboxylic acids is 1. The van der Waals surface area contributed by atoms with Gasteiger partial charge in [-0.15, -0.1) is 0 Å². The van der Waals surface area contributed by atoms with Gasteiger partial charge in [-0.1, -0.05) is 6.07 Å². The summed E-state index contributed by atoms with van der Waals surface area (Å²) in [5.74, 6) is 0.117. The van der Waals surface area contributed by atoms with Gasteiger partial charge in [-0.05, 0) is 47.5 Å². The van der Waals surface area contributed by atoms with E-state index in [2.05, 4.69) is 28.2 Å². The fourth-order valence-corrected chi connectivity index (χ4v) is 2.75. The van der Waals surface area contributed by atoms with E-state index in [1.54, 1.807) is 0 Å². The number of carbonyl (C=O) groups is 1. The second kappa shape index (κ2) is 5.19. The standard InChI is InChI=1S/C13H17BrN2O/c1-9-3-4-11(12(14)7-9)13(17)16-6-5-15-8-10(16)2/h3-4,7,10,15H,5-6,8H2,1-2H3/t10-/m0/s1. The van der Waals surface area contributed by atoms with E-state index in [9.17, 15) is 4.79 Å². The molecule has 0 spiro atoms. The summed E-state index contributed by atoms with van der Waals surface area (Å²) in [5.41, 5.74) is 1.91. The van der Waals surface area contributed by atoms with Gasteiger partial charge in [0.25, 0.3) is 5.91 Å². The molecular formula is C13H17BrN2O. The first-order valence-corrected chi connectivity index (χ1v) is 6.66. The summed E-state index contributed by atoms with van der Waals surface area (Å²) in [5, 5.41) is 3.29. The lowest BCUT2D eigenvalue weighted by molar-refractivity contribution is 0.0655. The highest BCUT2D eigenvalue weighted by Gasteiger charge is 2.25. The Morgan fingerprint density at radius 2 is 2.29 bits per heavy atom. The van der Waals surface area contributed by atoms with Crippen LogP contribution in [-0.4, -0.2) is 36.5 Å². The molecule has 17 heavy (non-hydrogen) atoms. The van der Waals surface area contributed by atoms with Crippen molar-refractivity contribution in [3.63, 3.8) is 0 Å². The highest BCUT2D eigenvalue weighted by Crippen LogP contribution is 2.21. The molecule has 2 rings (SSSR count). The summed E-state index contributed by atoms with van der Waals surface area (Å²) in [7, 11) is 0. The van der Waals surface area contributed by atoms with Crippen molar-refractivity contribution in [3.05, 3.63) is 33.8 Å². The highest BCUT2D eigenvalue weighted by molar-refractivity contribution is 9.10. The maximum atomic E-state index is 12.4. The van der Waals surface area contributed by atoms with Crippen LogP contribution in [0.5, 0.6) is 0 Å². The molecule has 1 atom stereocenters. The number of halogens is 1. The Morgan fingerprint density at radius 1 is 1.53 bits per heavy atom. The molecule has 1 heterocycles. The fourth-order valence-electron chi connectivity index (χ4n) is 2.09. The van der Waals surface area contributed by atoms with Crippen molar-refractivity contribution in [2.75, 3.05) is 19.6 Å². The molecular weight excluding hydrogens is 280 g/mol. The van der Waals surface area contributed by atoms with Gasteiger partial charge in [-0.25, -0.2) is 0 Å². The van der Waals surface area contributed by atoms with E-state index in [1.807, 2.05) is 30.0 Å². The molecule has 92 valence electrons. The van der Waals surface area contributed by atoms with Crippen molar-refractivity contribution >= 4 is 21.8 Å². The minimum atomic E-state index is 0.117. The largest absolute Gasteiger partial charge is 0.333 e. The van der Waals surface area contributed by atoms with Crippen molar-refractivity contribution in [3.8, 4) is 0 Å². The summed E-state index contributed by atoms with van der Waals surface area (Å²) in [4.78, 5) is 14.3. The number of hydrogen-bond acceptors (Lipinski definition) is 2. The zero-order valence-corrected chi connectivity index (χ0v) is 11.8. The lowest BCUT2D eigenvalue weighted by atomic mass is 10.1. The summed E-state index contributed by atoms with van der Waals surface area (Å²) in [6.07, 6.45) is 0.